The Balaban J connectivity index is 0.000000137. The lowest BCUT2D eigenvalue weighted by molar-refractivity contribution is -0.0366. The molecule has 0 bridgehead atoms. The second-order valence-electron chi connectivity index (χ2n) is 8.05. The van der Waals surface area contributed by atoms with Gasteiger partial charge in [0.1, 0.15) is 0 Å². The molecule has 0 amide bonds. The van der Waals surface area contributed by atoms with Crippen LogP contribution in [0.15, 0.2) is 56.7 Å². The van der Waals surface area contributed by atoms with E-state index in [-0.39, 0.29) is 6.23 Å². The number of hydrogen-bond acceptors (Lipinski definition) is 4. The fourth-order valence-corrected chi connectivity index (χ4v) is 5.62. The summed E-state index contributed by atoms with van der Waals surface area (Å²) < 4.78 is 14.6. The summed E-state index contributed by atoms with van der Waals surface area (Å²) in [6, 6.07) is 7.86. The molecule has 2 aromatic carbocycles. The van der Waals surface area contributed by atoms with Crippen LogP contribution >= 0.6 is 55.1 Å². The molecule has 0 N–H and O–H groups in total. The van der Waals surface area contributed by atoms with Crippen LogP contribution in [0.25, 0.3) is 10.9 Å². The number of aliphatic imine (C=N–C) groups is 1. The molecule has 0 saturated carbocycles. The zero-order valence-corrected chi connectivity index (χ0v) is 23.2. The molecule has 5 nitrogen and oxygen atoms in total. The van der Waals surface area contributed by atoms with E-state index < -0.39 is 0 Å². The van der Waals surface area contributed by atoms with Crippen molar-refractivity contribution in [3.8, 4) is 0 Å². The van der Waals surface area contributed by atoms with Crippen molar-refractivity contribution >= 4 is 72.2 Å². The monoisotopic (exact) mass is 627 g/mol. The summed E-state index contributed by atoms with van der Waals surface area (Å²) in [4.78, 5) is 4.12. The molecule has 9 heteroatoms. The van der Waals surface area contributed by atoms with E-state index in [4.69, 9.17) is 32.7 Å². The number of rotatable bonds is 1. The molecule has 1 atom stereocenters. The number of fused-ring (bicyclic) bond motifs is 2. The standard InChI is InChI=1S/C12H12BrClN2O.C8H5BrClN.C5H8O/c13-8-5-10(14)9-7-15-16(11(9)6-8)12-3-1-2-4-17-12;9-6-1-5-3-11-4-7(5)8(10)2-6;1-2-4-6-5-3-1/h5-7,12H,1-4H2;1-2,4H,3H2;2,4H,1,3,5H2. The van der Waals surface area contributed by atoms with E-state index in [0.29, 0.717) is 0 Å². The Morgan fingerprint density at radius 2 is 1.79 bits per heavy atom. The van der Waals surface area contributed by atoms with E-state index in [9.17, 15) is 0 Å². The zero-order chi connectivity index (χ0) is 23.9. The maximum absolute atomic E-state index is 6.19. The molecule has 4 heterocycles. The normalized spacial score (nSPS) is 18.4. The van der Waals surface area contributed by atoms with Gasteiger partial charge in [-0.1, -0.05) is 55.1 Å². The van der Waals surface area contributed by atoms with E-state index in [1.54, 1.807) is 6.26 Å². The Hall–Kier alpha value is -1.38. The van der Waals surface area contributed by atoms with E-state index in [1.807, 2.05) is 47.4 Å². The Morgan fingerprint density at radius 1 is 0.971 bits per heavy atom. The first-order chi connectivity index (χ1) is 16.5. The summed E-state index contributed by atoms with van der Waals surface area (Å²) in [5.41, 5.74) is 3.29. The maximum Gasteiger partial charge on any atom is 0.150 e. The van der Waals surface area contributed by atoms with Crippen molar-refractivity contribution in [1.82, 2.24) is 9.78 Å². The fourth-order valence-electron chi connectivity index (χ4n) is 3.85. The van der Waals surface area contributed by atoms with Gasteiger partial charge >= 0.3 is 0 Å². The molecule has 3 aliphatic rings. The molecule has 0 aliphatic carbocycles. The average molecular weight is 630 g/mol. The van der Waals surface area contributed by atoms with Crippen LogP contribution in [0, 0.1) is 0 Å². The third-order valence-corrected chi connectivity index (χ3v) is 7.09. The van der Waals surface area contributed by atoms with Gasteiger partial charge in [-0.2, -0.15) is 5.10 Å². The highest BCUT2D eigenvalue weighted by atomic mass is 79.9. The first kappa shape index (κ1) is 25.7. The van der Waals surface area contributed by atoms with Gasteiger partial charge in [0.2, 0.25) is 0 Å². The number of halogens is 4. The molecule has 0 spiro atoms. The highest BCUT2D eigenvalue weighted by molar-refractivity contribution is 9.10. The minimum Gasteiger partial charge on any atom is -0.502 e. The van der Waals surface area contributed by atoms with Crippen molar-refractivity contribution in [1.29, 1.82) is 0 Å². The van der Waals surface area contributed by atoms with Crippen molar-refractivity contribution in [3.63, 3.8) is 0 Å². The molecule has 1 saturated heterocycles. The van der Waals surface area contributed by atoms with Gasteiger partial charge in [-0.25, -0.2) is 4.68 Å². The van der Waals surface area contributed by atoms with E-state index >= 15 is 0 Å². The third kappa shape index (κ3) is 6.64. The predicted molar refractivity (Wildman–Crippen MR) is 146 cm³/mol. The number of ether oxygens (including phenoxy) is 2. The van der Waals surface area contributed by atoms with Gasteiger partial charge in [0.05, 0.1) is 41.2 Å². The summed E-state index contributed by atoms with van der Waals surface area (Å²) >= 11 is 19.0. The molecule has 34 heavy (non-hydrogen) atoms. The highest BCUT2D eigenvalue weighted by Gasteiger charge is 2.19. The van der Waals surface area contributed by atoms with E-state index in [2.05, 4.69) is 42.0 Å². The first-order valence-corrected chi connectivity index (χ1v) is 13.6. The quantitative estimate of drug-likeness (QED) is 0.271. The van der Waals surface area contributed by atoms with Gasteiger partial charge < -0.3 is 9.47 Å². The SMILES string of the molecule is C1=COCCC1.Clc1cc(Br)cc2c1C=NC2.Clc1cc(Br)cc2c1cnn2C1CCCCO1. The van der Waals surface area contributed by atoms with Crippen LogP contribution in [0.3, 0.4) is 0 Å². The lowest BCUT2D eigenvalue weighted by Gasteiger charge is -2.23. The molecule has 1 unspecified atom stereocenters. The van der Waals surface area contributed by atoms with Crippen LogP contribution in [-0.2, 0) is 16.0 Å². The van der Waals surface area contributed by atoms with Gasteiger partial charge in [-0.3, -0.25) is 4.99 Å². The molecule has 1 aromatic heterocycles. The fraction of sp³-hybridized carbons (Fsp3) is 0.360. The second kappa shape index (κ2) is 12.5. The number of benzene rings is 2. The van der Waals surface area contributed by atoms with Crippen LogP contribution in [0.4, 0.5) is 0 Å². The molecular formula is C25H25Br2Cl2N3O2. The molecule has 3 aliphatic heterocycles. The van der Waals surface area contributed by atoms with Crippen molar-refractivity contribution in [2.24, 2.45) is 4.99 Å². The molecular weight excluding hydrogens is 605 g/mol. The Labute approximate surface area is 226 Å². The van der Waals surface area contributed by atoms with Gasteiger partial charge in [-0.05, 0) is 68.0 Å². The Kier molecular flexibility index (Phi) is 9.48. The second-order valence-corrected chi connectivity index (χ2v) is 10.7. The Bertz CT molecular complexity index is 1180. The third-order valence-electron chi connectivity index (χ3n) is 5.55. The largest absolute Gasteiger partial charge is 0.502 e. The first-order valence-electron chi connectivity index (χ1n) is 11.2. The highest BCUT2D eigenvalue weighted by Crippen LogP contribution is 2.32. The minimum atomic E-state index is 0.0478. The number of hydrogen-bond donors (Lipinski definition) is 0. The molecule has 180 valence electrons. The topological polar surface area (TPSA) is 48.6 Å². The Morgan fingerprint density at radius 3 is 2.47 bits per heavy atom. The summed E-state index contributed by atoms with van der Waals surface area (Å²) in [5.74, 6) is 0. The van der Waals surface area contributed by atoms with Gasteiger partial charge in [0.15, 0.2) is 6.23 Å². The minimum absolute atomic E-state index is 0.0478. The van der Waals surface area contributed by atoms with Crippen LogP contribution in [-0.4, -0.2) is 29.2 Å². The van der Waals surface area contributed by atoms with Crippen molar-refractivity contribution in [3.05, 3.63) is 72.9 Å². The van der Waals surface area contributed by atoms with Crippen molar-refractivity contribution in [2.75, 3.05) is 13.2 Å². The van der Waals surface area contributed by atoms with Gasteiger partial charge in [-0.15, -0.1) is 0 Å². The lowest BCUT2D eigenvalue weighted by atomic mass is 10.1. The summed E-state index contributed by atoms with van der Waals surface area (Å²) in [6.45, 7) is 2.48. The van der Waals surface area contributed by atoms with Crippen LogP contribution in [0.1, 0.15) is 49.5 Å². The average Bonchev–Trinajstić information content (AvgIpc) is 3.49. The molecule has 1 fully saturated rings. The number of allylic oxidation sites excluding steroid dienone is 1. The predicted octanol–water partition coefficient (Wildman–Crippen LogP) is 8.50. The molecule has 6 rings (SSSR count). The van der Waals surface area contributed by atoms with Gasteiger partial charge in [0, 0.05) is 32.7 Å². The number of aromatic nitrogens is 2. The molecule has 3 aromatic rings. The summed E-state index contributed by atoms with van der Waals surface area (Å²) in [6.07, 6.45) is 13.2. The number of nitrogens with zero attached hydrogens (tertiary/aromatic N) is 3. The smallest absolute Gasteiger partial charge is 0.150 e. The van der Waals surface area contributed by atoms with E-state index in [1.165, 1.54) is 24.8 Å². The van der Waals surface area contributed by atoms with Crippen molar-refractivity contribution in [2.45, 2.75) is 44.9 Å². The summed E-state index contributed by atoms with van der Waals surface area (Å²) in [5, 5.41) is 6.88. The molecule has 0 radical (unpaired) electrons. The van der Waals surface area contributed by atoms with E-state index in [0.717, 1.165) is 68.1 Å². The maximum atomic E-state index is 6.19. The van der Waals surface area contributed by atoms with Crippen molar-refractivity contribution < 1.29 is 9.47 Å². The van der Waals surface area contributed by atoms with Gasteiger partial charge in [0.25, 0.3) is 0 Å². The zero-order valence-electron chi connectivity index (χ0n) is 18.5. The van der Waals surface area contributed by atoms with Crippen LogP contribution < -0.4 is 0 Å². The van der Waals surface area contributed by atoms with Crippen LogP contribution in [0.5, 0.6) is 0 Å². The van der Waals surface area contributed by atoms with Crippen LogP contribution in [0.2, 0.25) is 10.0 Å². The summed E-state index contributed by atoms with van der Waals surface area (Å²) in [7, 11) is 0. The lowest BCUT2D eigenvalue weighted by Crippen LogP contribution is -2.18.